The second kappa shape index (κ2) is 5.09. The van der Waals surface area contributed by atoms with E-state index in [2.05, 4.69) is 9.97 Å². The van der Waals surface area contributed by atoms with E-state index in [1.807, 2.05) is 0 Å². The Balaban J connectivity index is 2.41. The van der Waals surface area contributed by atoms with Gasteiger partial charge in [-0.1, -0.05) is 11.6 Å². The molecular weight excluding hydrogens is 297 g/mol. The van der Waals surface area contributed by atoms with Gasteiger partial charge in [0.05, 0.1) is 16.3 Å². The minimum Gasteiger partial charge on any atom is -0.477 e. The maximum Gasteiger partial charge on any atom is 0.417 e. The fraction of sp³-hybridized carbons (Fsp3) is 0.0833. The zero-order valence-electron chi connectivity index (χ0n) is 9.65. The number of nitrogens with zero attached hydrogens (tertiary/aromatic N) is 2. The molecule has 8 heteroatoms. The van der Waals surface area contributed by atoms with Gasteiger partial charge in [-0.3, -0.25) is 4.98 Å². The first-order chi connectivity index (χ1) is 9.29. The number of pyridine rings is 2. The Kier molecular flexibility index (Phi) is 3.63. The lowest BCUT2D eigenvalue weighted by molar-refractivity contribution is -0.137. The molecule has 0 aliphatic heterocycles. The second-order valence-corrected chi connectivity index (χ2v) is 4.20. The molecule has 0 amide bonds. The maximum absolute atomic E-state index is 12.5. The van der Waals surface area contributed by atoms with Crippen LogP contribution in [0.3, 0.4) is 0 Å². The van der Waals surface area contributed by atoms with Crippen molar-refractivity contribution in [3.8, 4) is 11.3 Å². The van der Waals surface area contributed by atoms with E-state index in [-0.39, 0.29) is 16.4 Å². The molecule has 0 fully saturated rings. The number of aromatic carboxylic acids is 1. The van der Waals surface area contributed by atoms with Crippen LogP contribution in [-0.4, -0.2) is 21.0 Å². The van der Waals surface area contributed by atoms with E-state index in [1.165, 1.54) is 18.3 Å². The van der Waals surface area contributed by atoms with Gasteiger partial charge in [-0.25, -0.2) is 9.78 Å². The summed E-state index contributed by atoms with van der Waals surface area (Å²) >= 11 is 5.77. The van der Waals surface area contributed by atoms with Crippen LogP contribution in [0.15, 0.2) is 30.6 Å². The van der Waals surface area contributed by atoms with E-state index >= 15 is 0 Å². The summed E-state index contributed by atoms with van der Waals surface area (Å²) in [5.41, 5.74) is -0.712. The highest BCUT2D eigenvalue weighted by Gasteiger charge is 2.31. The van der Waals surface area contributed by atoms with E-state index in [1.54, 1.807) is 0 Å². The van der Waals surface area contributed by atoms with E-state index in [0.29, 0.717) is 11.8 Å². The summed E-state index contributed by atoms with van der Waals surface area (Å²) in [6.45, 7) is 0. The molecule has 0 aromatic carbocycles. The predicted molar refractivity (Wildman–Crippen MR) is 64.4 cm³/mol. The summed E-state index contributed by atoms with van der Waals surface area (Å²) in [6, 6.07) is 3.35. The quantitative estimate of drug-likeness (QED) is 0.922. The average Bonchev–Trinajstić information content (AvgIpc) is 2.37. The van der Waals surface area contributed by atoms with E-state index < -0.39 is 17.7 Å². The summed E-state index contributed by atoms with van der Waals surface area (Å²) in [5.74, 6) is -1.21. The van der Waals surface area contributed by atoms with Crippen LogP contribution in [0.5, 0.6) is 0 Å². The number of aromatic nitrogens is 2. The van der Waals surface area contributed by atoms with Crippen molar-refractivity contribution in [2.45, 2.75) is 6.18 Å². The molecule has 0 radical (unpaired) electrons. The molecule has 0 saturated carbocycles. The summed E-state index contributed by atoms with van der Waals surface area (Å²) in [5, 5.41) is 8.51. The second-order valence-electron chi connectivity index (χ2n) is 3.79. The number of hydrogen-bond donors (Lipinski definition) is 1. The minimum absolute atomic E-state index is 0.101. The van der Waals surface area contributed by atoms with E-state index in [0.717, 1.165) is 6.07 Å². The summed E-state index contributed by atoms with van der Waals surface area (Å²) in [6.07, 6.45) is -2.68. The topological polar surface area (TPSA) is 63.1 Å². The Hall–Kier alpha value is -2.15. The fourth-order valence-electron chi connectivity index (χ4n) is 1.47. The first-order valence-electron chi connectivity index (χ1n) is 5.21. The van der Waals surface area contributed by atoms with Crippen LogP contribution in [-0.2, 0) is 6.18 Å². The van der Waals surface area contributed by atoms with Gasteiger partial charge in [0, 0.05) is 18.0 Å². The standard InChI is InChI=1S/C12H6ClF3N2O2/c13-8-3-7(12(14,15)16)5-18-10(8)6-1-2-9(11(19)20)17-4-6/h1-5H,(H,19,20). The highest BCUT2D eigenvalue weighted by atomic mass is 35.5. The predicted octanol–water partition coefficient (Wildman–Crippen LogP) is 3.51. The molecule has 2 aromatic heterocycles. The Morgan fingerprint density at radius 1 is 1.20 bits per heavy atom. The van der Waals surface area contributed by atoms with Crippen LogP contribution in [0.25, 0.3) is 11.3 Å². The summed E-state index contributed by atoms with van der Waals surface area (Å²) < 4.78 is 37.4. The molecule has 1 N–H and O–H groups in total. The molecule has 0 bridgehead atoms. The molecule has 4 nitrogen and oxygen atoms in total. The zero-order chi connectivity index (χ0) is 14.9. The Morgan fingerprint density at radius 2 is 1.90 bits per heavy atom. The maximum atomic E-state index is 12.5. The Labute approximate surface area is 115 Å². The number of rotatable bonds is 2. The molecule has 0 saturated heterocycles. The Bertz CT molecular complexity index is 657. The number of carboxylic acid groups (broad SMARTS) is 1. The number of hydrogen-bond acceptors (Lipinski definition) is 3. The van der Waals surface area contributed by atoms with Crippen molar-refractivity contribution in [3.05, 3.63) is 46.9 Å². The van der Waals surface area contributed by atoms with Crippen molar-refractivity contribution in [3.63, 3.8) is 0 Å². The van der Waals surface area contributed by atoms with Crippen LogP contribution in [0, 0.1) is 0 Å². The molecule has 0 aliphatic carbocycles. The average molecular weight is 303 g/mol. The molecular formula is C12H6ClF3N2O2. The summed E-state index contributed by atoms with van der Waals surface area (Å²) in [4.78, 5) is 17.9. The third kappa shape index (κ3) is 2.88. The normalized spacial score (nSPS) is 11.4. The van der Waals surface area contributed by atoms with Crippen molar-refractivity contribution < 1.29 is 23.1 Å². The largest absolute Gasteiger partial charge is 0.477 e. The Morgan fingerprint density at radius 3 is 2.35 bits per heavy atom. The smallest absolute Gasteiger partial charge is 0.417 e. The number of carbonyl (C=O) groups is 1. The zero-order valence-corrected chi connectivity index (χ0v) is 10.4. The number of carboxylic acids is 1. The minimum atomic E-state index is -4.53. The van der Waals surface area contributed by atoms with Gasteiger partial charge in [0.25, 0.3) is 0 Å². The van der Waals surface area contributed by atoms with Crippen molar-refractivity contribution in [1.29, 1.82) is 0 Å². The molecule has 104 valence electrons. The van der Waals surface area contributed by atoms with Gasteiger partial charge in [0.2, 0.25) is 0 Å². The fourth-order valence-corrected chi connectivity index (χ4v) is 1.74. The molecule has 2 rings (SSSR count). The monoisotopic (exact) mass is 302 g/mol. The van der Waals surface area contributed by atoms with Crippen molar-refractivity contribution >= 4 is 17.6 Å². The van der Waals surface area contributed by atoms with Crippen molar-refractivity contribution in [1.82, 2.24) is 9.97 Å². The van der Waals surface area contributed by atoms with Gasteiger partial charge in [-0.15, -0.1) is 0 Å². The van der Waals surface area contributed by atoms with Gasteiger partial charge in [-0.05, 0) is 18.2 Å². The third-order valence-electron chi connectivity index (χ3n) is 2.42. The molecule has 2 heterocycles. The van der Waals surface area contributed by atoms with Crippen molar-refractivity contribution in [2.24, 2.45) is 0 Å². The van der Waals surface area contributed by atoms with Crippen LogP contribution in [0.4, 0.5) is 13.2 Å². The molecule has 2 aromatic rings. The van der Waals surface area contributed by atoms with Crippen LogP contribution >= 0.6 is 11.6 Å². The third-order valence-corrected chi connectivity index (χ3v) is 2.71. The number of halogens is 4. The molecule has 0 unspecified atom stereocenters. The van der Waals surface area contributed by atoms with Gasteiger partial charge >= 0.3 is 12.1 Å². The van der Waals surface area contributed by atoms with Crippen molar-refractivity contribution in [2.75, 3.05) is 0 Å². The van der Waals surface area contributed by atoms with Gasteiger partial charge in [0.15, 0.2) is 0 Å². The lowest BCUT2D eigenvalue weighted by atomic mass is 10.1. The molecule has 0 aliphatic rings. The van der Waals surface area contributed by atoms with Gasteiger partial charge in [0.1, 0.15) is 5.69 Å². The van der Waals surface area contributed by atoms with Crippen LogP contribution in [0.1, 0.15) is 16.1 Å². The van der Waals surface area contributed by atoms with E-state index in [4.69, 9.17) is 16.7 Å². The lowest BCUT2D eigenvalue weighted by Crippen LogP contribution is -2.06. The first kappa shape index (κ1) is 14.3. The van der Waals surface area contributed by atoms with Crippen LogP contribution in [0.2, 0.25) is 5.02 Å². The molecule has 0 atom stereocenters. The van der Waals surface area contributed by atoms with Crippen LogP contribution < -0.4 is 0 Å². The lowest BCUT2D eigenvalue weighted by Gasteiger charge is -2.09. The first-order valence-corrected chi connectivity index (χ1v) is 5.59. The number of alkyl halides is 3. The molecule has 0 spiro atoms. The van der Waals surface area contributed by atoms with Gasteiger partial charge < -0.3 is 5.11 Å². The van der Waals surface area contributed by atoms with E-state index in [9.17, 15) is 18.0 Å². The van der Waals surface area contributed by atoms with Gasteiger partial charge in [-0.2, -0.15) is 13.2 Å². The SMILES string of the molecule is O=C(O)c1ccc(-c2ncc(C(F)(F)F)cc2Cl)cn1. The highest BCUT2D eigenvalue weighted by molar-refractivity contribution is 6.33. The molecule has 20 heavy (non-hydrogen) atoms. The highest BCUT2D eigenvalue weighted by Crippen LogP contribution is 2.33. The summed E-state index contributed by atoms with van der Waals surface area (Å²) in [7, 11) is 0.